The molecular formula is C17H20ClNO3. The second kappa shape index (κ2) is 9.95. The number of aliphatic carboxylic acids is 1. The van der Waals surface area contributed by atoms with E-state index >= 15 is 0 Å². The van der Waals surface area contributed by atoms with E-state index in [0.717, 1.165) is 11.1 Å². The lowest BCUT2D eigenvalue weighted by Gasteiger charge is -2.15. The first kappa shape index (κ1) is 18.2. The Morgan fingerprint density at radius 2 is 1.55 bits per heavy atom. The summed E-state index contributed by atoms with van der Waals surface area (Å²) >= 11 is 0. The number of halogens is 1. The van der Waals surface area contributed by atoms with Gasteiger partial charge in [-0.05, 0) is 11.1 Å². The van der Waals surface area contributed by atoms with Crippen molar-refractivity contribution in [3.63, 3.8) is 0 Å². The zero-order valence-electron chi connectivity index (χ0n) is 12.1. The van der Waals surface area contributed by atoms with E-state index in [-0.39, 0.29) is 19.0 Å². The van der Waals surface area contributed by atoms with Crippen molar-refractivity contribution in [2.45, 2.75) is 19.2 Å². The molecule has 1 unspecified atom stereocenters. The molecule has 2 rings (SSSR count). The summed E-state index contributed by atoms with van der Waals surface area (Å²) in [6.07, 6.45) is 0. The molecule has 0 aliphatic rings. The largest absolute Gasteiger partial charge is 0.480 e. The third kappa shape index (κ3) is 6.26. The highest BCUT2D eigenvalue weighted by molar-refractivity contribution is 5.85. The van der Waals surface area contributed by atoms with Gasteiger partial charge in [-0.25, -0.2) is 0 Å². The molecule has 0 saturated heterocycles. The molecule has 0 bridgehead atoms. The summed E-state index contributed by atoms with van der Waals surface area (Å²) in [6.45, 7) is 1.06. The van der Waals surface area contributed by atoms with E-state index in [2.05, 4.69) is 5.32 Å². The van der Waals surface area contributed by atoms with Crippen molar-refractivity contribution in [2.75, 3.05) is 6.61 Å². The Labute approximate surface area is 136 Å². The van der Waals surface area contributed by atoms with Crippen LogP contribution in [0.25, 0.3) is 0 Å². The number of rotatable bonds is 8. The molecule has 118 valence electrons. The maximum absolute atomic E-state index is 11.2. The van der Waals surface area contributed by atoms with Gasteiger partial charge in [0.15, 0.2) is 0 Å². The van der Waals surface area contributed by atoms with Gasteiger partial charge >= 0.3 is 5.97 Å². The van der Waals surface area contributed by atoms with Gasteiger partial charge in [0.2, 0.25) is 0 Å². The van der Waals surface area contributed by atoms with Gasteiger partial charge in [-0.3, -0.25) is 10.1 Å². The van der Waals surface area contributed by atoms with Gasteiger partial charge in [0.1, 0.15) is 6.04 Å². The molecule has 2 aromatic carbocycles. The molecule has 0 aliphatic carbocycles. The minimum atomic E-state index is -0.904. The quantitative estimate of drug-likeness (QED) is 0.785. The summed E-state index contributed by atoms with van der Waals surface area (Å²) in [5, 5.41) is 12.2. The zero-order valence-corrected chi connectivity index (χ0v) is 13.0. The number of carbonyl (C=O) groups is 1. The van der Waals surface area contributed by atoms with E-state index in [4.69, 9.17) is 4.74 Å². The predicted octanol–water partition coefficient (Wildman–Crippen LogP) is 2.87. The molecular weight excluding hydrogens is 302 g/mol. The molecule has 0 amide bonds. The van der Waals surface area contributed by atoms with Crippen LogP contribution in [0.5, 0.6) is 0 Å². The summed E-state index contributed by atoms with van der Waals surface area (Å²) < 4.78 is 5.49. The van der Waals surface area contributed by atoms with Gasteiger partial charge in [0, 0.05) is 6.54 Å². The summed E-state index contributed by atoms with van der Waals surface area (Å²) in [7, 11) is 0. The second-order valence-corrected chi connectivity index (χ2v) is 4.76. The van der Waals surface area contributed by atoms with Gasteiger partial charge in [-0.1, -0.05) is 60.7 Å². The predicted molar refractivity (Wildman–Crippen MR) is 88.1 cm³/mol. The van der Waals surface area contributed by atoms with Crippen LogP contribution in [0.15, 0.2) is 60.7 Å². The van der Waals surface area contributed by atoms with Crippen molar-refractivity contribution in [3.05, 3.63) is 71.8 Å². The average Bonchev–Trinajstić information content (AvgIpc) is 2.52. The smallest absolute Gasteiger partial charge is 0.323 e. The molecule has 1 atom stereocenters. The Bertz CT molecular complexity index is 548. The number of carboxylic acid groups (broad SMARTS) is 1. The zero-order chi connectivity index (χ0) is 14.9. The van der Waals surface area contributed by atoms with Crippen molar-refractivity contribution >= 4 is 18.4 Å². The van der Waals surface area contributed by atoms with Gasteiger partial charge in [-0.2, -0.15) is 0 Å². The maximum atomic E-state index is 11.2. The Kier molecular flexibility index (Phi) is 8.22. The number of carboxylic acids is 1. The minimum absolute atomic E-state index is 0. The van der Waals surface area contributed by atoms with Crippen molar-refractivity contribution < 1.29 is 14.6 Å². The van der Waals surface area contributed by atoms with E-state index in [1.807, 2.05) is 60.7 Å². The van der Waals surface area contributed by atoms with E-state index < -0.39 is 12.0 Å². The maximum Gasteiger partial charge on any atom is 0.323 e. The van der Waals surface area contributed by atoms with Crippen molar-refractivity contribution in [2.24, 2.45) is 0 Å². The number of hydrogen-bond donors (Lipinski definition) is 2. The molecule has 0 fully saturated rings. The standard InChI is InChI=1S/C17H19NO3.ClH/c19-17(20)16(18-11-14-7-3-1-4-8-14)13-21-12-15-9-5-2-6-10-15;/h1-10,16,18H,11-13H2,(H,19,20);1H. The molecule has 2 N–H and O–H groups in total. The lowest BCUT2D eigenvalue weighted by atomic mass is 10.2. The Balaban J connectivity index is 0.00000242. The normalized spacial score (nSPS) is 11.5. The molecule has 22 heavy (non-hydrogen) atoms. The Morgan fingerprint density at radius 3 is 2.09 bits per heavy atom. The van der Waals surface area contributed by atoms with Crippen LogP contribution >= 0.6 is 12.4 Å². The molecule has 2 aromatic rings. The van der Waals surface area contributed by atoms with Crippen LogP contribution in [0, 0.1) is 0 Å². The monoisotopic (exact) mass is 321 g/mol. The van der Waals surface area contributed by atoms with Gasteiger partial charge in [0.05, 0.1) is 13.2 Å². The molecule has 0 radical (unpaired) electrons. The van der Waals surface area contributed by atoms with E-state index in [0.29, 0.717) is 13.2 Å². The van der Waals surface area contributed by atoms with E-state index in [9.17, 15) is 9.90 Å². The van der Waals surface area contributed by atoms with Crippen LogP contribution in [-0.4, -0.2) is 23.7 Å². The fraction of sp³-hybridized carbons (Fsp3) is 0.235. The number of benzene rings is 2. The first-order valence-electron chi connectivity index (χ1n) is 6.87. The van der Waals surface area contributed by atoms with Gasteiger partial charge < -0.3 is 9.84 Å². The van der Waals surface area contributed by atoms with E-state index in [1.54, 1.807) is 0 Å². The fourth-order valence-electron chi connectivity index (χ4n) is 1.92. The fourth-order valence-corrected chi connectivity index (χ4v) is 1.92. The molecule has 4 nitrogen and oxygen atoms in total. The summed E-state index contributed by atoms with van der Waals surface area (Å²) in [5.74, 6) is -0.904. The average molecular weight is 322 g/mol. The molecule has 0 saturated carbocycles. The summed E-state index contributed by atoms with van der Waals surface area (Å²) in [6, 6.07) is 18.7. The van der Waals surface area contributed by atoms with Crippen LogP contribution in [0.3, 0.4) is 0 Å². The number of hydrogen-bond acceptors (Lipinski definition) is 3. The topological polar surface area (TPSA) is 58.6 Å². The van der Waals surface area contributed by atoms with E-state index in [1.165, 1.54) is 0 Å². The van der Waals surface area contributed by atoms with Gasteiger partial charge in [0.25, 0.3) is 0 Å². The Morgan fingerprint density at radius 1 is 1.00 bits per heavy atom. The number of ether oxygens (including phenoxy) is 1. The molecule has 5 heteroatoms. The lowest BCUT2D eigenvalue weighted by Crippen LogP contribution is -2.40. The van der Waals surface area contributed by atoms with Crippen LogP contribution in [0.4, 0.5) is 0 Å². The van der Waals surface area contributed by atoms with Gasteiger partial charge in [-0.15, -0.1) is 12.4 Å². The van der Waals surface area contributed by atoms with Crippen LogP contribution < -0.4 is 5.32 Å². The minimum Gasteiger partial charge on any atom is -0.480 e. The summed E-state index contributed by atoms with van der Waals surface area (Å²) in [5.41, 5.74) is 2.08. The highest BCUT2D eigenvalue weighted by Crippen LogP contribution is 2.02. The summed E-state index contributed by atoms with van der Waals surface area (Å²) in [4.78, 5) is 11.2. The SMILES string of the molecule is Cl.O=C(O)C(COCc1ccccc1)NCc1ccccc1. The van der Waals surface area contributed by atoms with Crippen molar-refractivity contribution in [3.8, 4) is 0 Å². The first-order valence-corrected chi connectivity index (χ1v) is 6.87. The van der Waals surface area contributed by atoms with Crippen LogP contribution in [0.2, 0.25) is 0 Å². The van der Waals surface area contributed by atoms with Crippen LogP contribution in [0.1, 0.15) is 11.1 Å². The second-order valence-electron chi connectivity index (χ2n) is 4.76. The lowest BCUT2D eigenvalue weighted by molar-refractivity contribution is -0.141. The third-order valence-electron chi connectivity index (χ3n) is 3.09. The molecule has 0 aromatic heterocycles. The van der Waals surface area contributed by atoms with Crippen molar-refractivity contribution in [1.29, 1.82) is 0 Å². The van der Waals surface area contributed by atoms with Crippen LogP contribution in [-0.2, 0) is 22.7 Å². The molecule has 0 spiro atoms. The number of nitrogens with one attached hydrogen (secondary N) is 1. The first-order chi connectivity index (χ1) is 10.3. The highest BCUT2D eigenvalue weighted by Gasteiger charge is 2.16. The highest BCUT2D eigenvalue weighted by atomic mass is 35.5. The molecule has 0 heterocycles. The molecule has 0 aliphatic heterocycles. The Hall–Kier alpha value is -1.88. The van der Waals surface area contributed by atoms with Crippen molar-refractivity contribution in [1.82, 2.24) is 5.32 Å². The third-order valence-corrected chi connectivity index (χ3v) is 3.09.